The van der Waals surface area contributed by atoms with E-state index in [9.17, 15) is 4.79 Å². The minimum absolute atomic E-state index is 0.380. The number of hydrogen-bond donors (Lipinski definition) is 1. The molecule has 0 atom stereocenters. The molecule has 0 unspecified atom stereocenters. The zero-order valence-electron chi connectivity index (χ0n) is 13.4. The summed E-state index contributed by atoms with van der Waals surface area (Å²) in [5.41, 5.74) is 12.7. The van der Waals surface area contributed by atoms with E-state index < -0.39 is 0 Å². The Kier molecular flexibility index (Phi) is 4.66. The summed E-state index contributed by atoms with van der Waals surface area (Å²) in [6, 6.07) is 12.0. The van der Waals surface area contributed by atoms with Gasteiger partial charge in [-0.3, -0.25) is 0 Å². The van der Waals surface area contributed by atoms with Crippen LogP contribution in [-0.2, 0) is 9.53 Å². The van der Waals surface area contributed by atoms with E-state index in [0.29, 0.717) is 5.69 Å². The molecule has 0 amide bonds. The van der Waals surface area contributed by atoms with E-state index in [2.05, 4.69) is 0 Å². The monoisotopic (exact) mass is 295 g/mol. The molecular weight excluding hydrogens is 274 g/mol. The summed E-state index contributed by atoms with van der Waals surface area (Å²) in [6.07, 6.45) is 1.52. The summed E-state index contributed by atoms with van der Waals surface area (Å²) >= 11 is 0. The number of hydrogen-bond acceptors (Lipinski definition) is 3. The predicted molar refractivity (Wildman–Crippen MR) is 90.6 cm³/mol. The van der Waals surface area contributed by atoms with Crippen molar-refractivity contribution in [2.75, 3.05) is 12.8 Å². The van der Waals surface area contributed by atoms with Crippen LogP contribution in [0.4, 0.5) is 5.69 Å². The minimum Gasteiger partial charge on any atom is -0.466 e. The van der Waals surface area contributed by atoms with Gasteiger partial charge in [0.1, 0.15) is 0 Å². The molecule has 0 bridgehead atoms. The van der Waals surface area contributed by atoms with Gasteiger partial charge in [-0.15, -0.1) is 0 Å². The third-order valence-electron chi connectivity index (χ3n) is 3.73. The number of methoxy groups -OCH3 is 1. The number of anilines is 1. The van der Waals surface area contributed by atoms with Gasteiger partial charge < -0.3 is 10.5 Å². The molecule has 3 nitrogen and oxygen atoms in total. The largest absolute Gasteiger partial charge is 0.466 e. The van der Waals surface area contributed by atoms with Gasteiger partial charge in [0.15, 0.2) is 0 Å². The molecule has 0 heterocycles. The highest BCUT2D eigenvalue weighted by molar-refractivity contribution is 5.97. The fraction of sp³-hybridized carbons (Fsp3) is 0.211. The van der Waals surface area contributed by atoms with Crippen molar-refractivity contribution in [1.29, 1.82) is 0 Å². The van der Waals surface area contributed by atoms with Crippen molar-refractivity contribution in [2.24, 2.45) is 0 Å². The van der Waals surface area contributed by atoms with Gasteiger partial charge >= 0.3 is 5.97 Å². The molecule has 22 heavy (non-hydrogen) atoms. The normalized spacial score (nSPS) is 11.4. The first-order valence-electron chi connectivity index (χ1n) is 7.16. The van der Waals surface area contributed by atoms with Gasteiger partial charge in [-0.05, 0) is 54.7 Å². The van der Waals surface area contributed by atoms with Gasteiger partial charge in [-0.25, -0.2) is 4.79 Å². The van der Waals surface area contributed by atoms with Gasteiger partial charge in [0, 0.05) is 11.8 Å². The standard InChI is InChI=1S/C19H21NO2/c1-12-5-7-15(8-6-12)17(11-19(21)22-4)16-10-18(20)14(3)9-13(16)2/h5-11H,20H2,1-4H3/b17-11+. The minimum atomic E-state index is -0.380. The number of rotatable bonds is 3. The second kappa shape index (κ2) is 6.48. The lowest BCUT2D eigenvalue weighted by atomic mass is 9.92. The van der Waals surface area contributed by atoms with Crippen LogP contribution in [-0.4, -0.2) is 13.1 Å². The van der Waals surface area contributed by atoms with Gasteiger partial charge in [0.2, 0.25) is 0 Å². The van der Waals surface area contributed by atoms with E-state index in [-0.39, 0.29) is 5.97 Å². The Labute approximate surface area is 131 Å². The maximum absolute atomic E-state index is 11.8. The maximum atomic E-state index is 11.8. The molecular formula is C19H21NO2. The molecule has 0 aliphatic carbocycles. The Bertz CT molecular complexity index is 728. The van der Waals surface area contributed by atoms with Gasteiger partial charge in [-0.2, -0.15) is 0 Å². The average molecular weight is 295 g/mol. The molecule has 0 aliphatic rings. The molecule has 0 fully saturated rings. The van der Waals surface area contributed by atoms with Crippen molar-refractivity contribution >= 4 is 17.2 Å². The van der Waals surface area contributed by atoms with Gasteiger partial charge in [0.05, 0.1) is 7.11 Å². The highest BCUT2D eigenvalue weighted by atomic mass is 16.5. The molecule has 0 radical (unpaired) electrons. The second-order valence-electron chi connectivity index (χ2n) is 5.47. The first kappa shape index (κ1) is 15.8. The predicted octanol–water partition coefficient (Wildman–Crippen LogP) is 3.80. The van der Waals surface area contributed by atoms with Crippen molar-refractivity contribution < 1.29 is 9.53 Å². The third-order valence-corrected chi connectivity index (χ3v) is 3.73. The van der Waals surface area contributed by atoms with Crippen LogP contribution in [0.1, 0.15) is 27.8 Å². The number of carbonyl (C=O) groups is 1. The van der Waals surface area contributed by atoms with Crippen molar-refractivity contribution in [2.45, 2.75) is 20.8 Å². The second-order valence-corrected chi connectivity index (χ2v) is 5.47. The van der Waals surface area contributed by atoms with Crippen LogP contribution in [0.3, 0.4) is 0 Å². The van der Waals surface area contributed by atoms with Crippen molar-refractivity contribution in [3.63, 3.8) is 0 Å². The molecule has 0 saturated heterocycles. The molecule has 0 saturated carbocycles. The Hall–Kier alpha value is -2.55. The number of carbonyl (C=O) groups excluding carboxylic acids is 1. The zero-order valence-corrected chi connectivity index (χ0v) is 13.4. The fourth-order valence-corrected chi connectivity index (χ4v) is 2.39. The first-order chi connectivity index (χ1) is 10.4. The van der Waals surface area contributed by atoms with Gasteiger partial charge in [0.25, 0.3) is 0 Å². The Morgan fingerprint density at radius 3 is 2.27 bits per heavy atom. The lowest BCUT2D eigenvalue weighted by Crippen LogP contribution is -2.01. The van der Waals surface area contributed by atoms with Crippen LogP contribution in [0.5, 0.6) is 0 Å². The number of nitrogen functional groups attached to an aromatic ring is 1. The molecule has 114 valence electrons. The topological polar surface area (TPSA) is 52.3 Å². The van der Waals surface area contributed by atoms with Crippen LogP contribution in [0, 0.1) is 20.8 Å². The van der Waals surface area contributed by atoms with Crippen LogP contribution in [0.25, 0.3) is 5.57 Å². The van der Waals surface area contributed by atoms with Crippen LogP contribution in [0.2, 0.25) is 0 Å². The molecule has 2 N–H and O–H groups in total. The van der Waals surface area contributed by atoms with Crippen molar-refractivity contribution in [3.8, 4) is 0 Å². The van der Waals surface area contributed by atoms with E-state index in [0.717, 1.165) is 27.8 Å². The van der Waals surface area contributed by atoms with E-state index in [4.69, 9.17) is 10.5 Å². The van der Waals surface area contributed by atoms with E-state index in [1.165, 1.54) is 18.7 Å². The molecule has 2 aromatic carbocycles. The molecule has 0 aromatic heterocycles. The summed E-state index contributed by atoms with van der Waals surface area (Å²) in [6.45, 7) is 6.02. The summed E-state index contributed by atoms with van der Waals surface area (Å²) in [4.78, 5) is 11.8. The quantitative estimate of drug-likeness (QED) is 0.532. The van der Waals surface area contributed by atoms with Gasteiger partial charge in [-0.1, -0.05) is 35.9 Å². The Morgan fingerprint density at radius 1 is 1.05 bits per heavy atom. The fourth-order valence-electron chi connectivity index (χ4n) is 2.39. The summed E-state index contributed by atoms with van der Waals surface area (Å²) in [5, 5.41) is 0. The van der Waals surface area contributed by atoms with E-state index in [1.807, 2.05) is 57.2 Å². The summed E-state index contributed by atoms with van der Waals surface area (Å²) in [7, 11) is 1.38. The lowest BCUT2D eigenvalue weighted by Gasteiger charge is -2.14. The average Bonchev–Trinajstić information content (AvgIpc) is 2.49. The molecule has 2 aromatic rings. The summed E-state index contributed by atoms with van der Waals surface area (Å²) < 4.78 is 4.79. The molecule has 3 heteroatoms. The first-order valence-corrected chi connectivity index (χ1v) is 7.16. The number of esters is 1. The number of aryl methyl sites for hydroxylation is 3. The smallest absolute Gasteiger partial charge is 0.331 e. The summed E-state index contributed by atoms with van der Waals surface area (Å²) in [5.74, 6) is -0.380. The highest BCUT2D eigenvalue weighted by Gasteiger charge is 2.12. The van der Waals surface area contributed by atoms with Crippen LogP contribution >= 0.6 is 0 Å². The number of ether oxygens (including phenoxy) is 1. The van der Waals surface area contributed by atoms with Crippen LogP contribution < -0.4 is 5.73 Å². The van der Waals surface area contributed by atoms with Crippen LogP contribution in [0.15, 0.2) is 42.5 Å². The third kappa shape index (κ3) is 3.37. The molecule has 0 spiro atoms. The SMILES string of the molecule is COC(=O)/C=C(\c1ccc(C)cc1)c1cc(N)c(C)cc1C. The molecule has 2 rings (SSSR count). The van der Waals surface area contributed by atoms with E-state index in [1.54, 1.807) is 0 Å². The number of benzene rings is 2. The number of nitrogens with two attached hydrogens (primary N) is 1. The van der Waals surface area contributed by atoms with E-state index >= 15 is 0 Å². The molecule has 0 aliphatic heterocycles. The zero-order chi connectivity index (χ0) is 16.3. The maximum Gasteiger partial charge on any atom is 0.331 e. The lowest BCUT2D eigenvalue weighted by molar-refractivity contribution is -0.134. The highest BCUT2D eigenvalue weighted by Crippen LogP contribution is 2.29. The van der Waals surface area contributed by atoms with Crippen molar-refractivity contribution in [1.82, 2.24) is 0 Å². The Morgan fingerprint density at radius 2 is 1.68 bits per heavy atom. The van der Waals surface area contributed by atoms with Crippen molar-refractivity contribution in [3.05, 3.63) is 70.3 Å². The Balaban J connectivity index is 2.64.